The van der Waals surface area contributed by atoms with E-state index >= 15 is 0 Å². The smallest absolute Gasteiger partial charge is 0.264 e. The molecule has 29 heavy (non-hydrogen) atoms. The minimum absolute atomic E-state index is 0.0338. The maximum atomic E-state index is 13.6. The van der Waals surface area contributed by atoms with Gasteiger partial charge < -0.3 is 0 Å². The van der Waals surface area contributed by atoms with E-state index in [-0.39, 0.29) is 16.1 Å². The van der Waals surface area contributed by atoms with Crippen molar-refractivity contribution in [1.82, 2.24) is 10.4 Å². The average molecular weight is 412 g/mol. The normalized spacial score (nSPS) is 11.3. The maximum Gasteiger partial charge on any atom is 0.264 e. The molecule has 0 aliphatic heterocycles. The third-order valence-electron chi connectivity index (χ3n) is 3.85. The number of halogens is 1. The first-order valence-electron chi connectivity index (χ1n) is 8.53. The predicted octanol–water partition coefficient (Wildman–Crippen LogP) is 2.57. The van der Waals surface area contributed by atoms with E-state index in [9.17, 15) is 17.6 Å². The second-order valence-corrected chi connectivity index (χ2v) is 7.71. The van der Waals surface area contributed by atoms with Gasteiger partial charge in [-0.05, 0) is 30.3 Å². The molecule has 9 heteroatoms. The summed E-state index contributed by atoms with van der Waals surface area (Å²) in [7, 11) is -4.01. The van der Waals surface area contributed by atoms with Crippen molar-refractivity contribution >= 4 is 27.8 Å². The lowest BCUT2D eigenvalue weighted by atomic mass is 10.2. The number of hydrazone groups is 1. The van der Waals surface area contributed by atoms with Crippen LogP contribution in [0.3, 0.4) is 0 Å². The van der Waals surface area contributed by atoms with Crippen molar-refractivity contribution in [2.24, 2.45) is 5.10 Å². The molecule has 7 nitrogen and oxygen atoms in total. The number of hydrogen-bond acceptors (Lipinski definition) is 5. The summed E-state index contributed by atoms with van der Waals surface area (Å²) >= 11 is 0. The highest BCUT2D eigenvalue weighted by Crippen LogP contribution is 2.22. The number of carbonyl (C=O) groups excluding carboxylic acids is 1. The molecule has 0 saturated heterocycles. The molecule has 0 fully saturated rings. The topological polar surface area (TPSA) is 91.7 Å². The van der Waals surface area contributed by atoms with Crippen LogP contribution in [0, 0.1) is 5.82 Å². The standard InChI is InChI=1S/C20H17FN4O3S/c21-19-11-5-4-7-16(19)13-23-24-20(26)15-25(17-8-6-12-22-14-17)29(27,28)18-9-2-1-3-10-18/h1-14H,15H2,(H,24,26)/b23-13-. The lowest BCUT2D eigenvalue weighted by molar-refractivity contribution is -0.119. The summed E-state index contributed by atoms with van der Waals surface area (Å²) in [6.07, 6.45) is 3.99. The van der Waals surface area contributed by atoms with Crippen LogP contribution in [0.25, 0.3) is 0 Å². The maximum absolute atomic E-state index is 13.6. The molecule has 0 saturated carbocycles. The summed E-state index contributed by atoms with van der Waals surface area (Å²) < 4.78 is 40.6. The highest BCUT2D eigenvalue weighted by molar-refractivity contribution is 7.92. The van der Waals surface area contributed by atoms with Crippen LogP contribution >= 0.6 is 0 Å². The number of hydrogen-bond donors (Lipinski definition) is 1. The number of rotatable bonds is 7. The van der Waals surface area contributed by atoms with Crippen molar-refractivity contribution in [2.45, 2.75) is 4.90 Å². The molecule has 3 rings (SSSR count). The van der Waals surface area contributed by atoms with Gasteiger partial charge in [0, 0.05) is 11.8 Å². The van der Waals surface area contributed by atoms with E-state index in [1.807, 2.05) is 0 Å². The predicted molar refractivity (Wildman–Crippen MR) is 107 cm³/mol. The summed E-state index contributed by atoms with van der Waals surface area (Å²) in [5, 5.41) is 3.70. The summed E-state index contributed by atoms with van der Waals surface area (Å²) in [5.74, 6) is -1.19. The van der Waals surface area contributed by atoms with E-state index in [4.69, 9.17) is 0 Å². The minimum Gasteiger partial charge on any atom is -0.271 e. The summed E-state index contributed by atoms with van der Waals surface area (Å²) in [6, 6.07) is 16.8. The third-order valence-corrected chi connectivity index (χ3v) is 5.64. The number of carbonyl (C=O) groups is 1. The second kappa shape index (κ2) is 9.07. The number of pyridine rings is 1. The average Bonchev–Trinajstić information content (AvgIpc) is 2.74. The van der Waals surface area contributed by atoms with Crippen LogP contribution in [-0.4, -0.2) is 32.1 Å². The van der Waals surface area contributed by atoms with Crippen LogP contribution < -0.4 is 9.73 Å². The van der Waals surface area contributed by atoms with Gasteiger partial charge in [-0.25, -0.2) is 18.2 Å². The number of benzene rings is 2. The van der Waals surface area contributed by atoms with Gasteiger partial charge in [0.2, 0.25) is 0 Å². The van der Waals surface area contributed by atoms with Gasteiger partial charge in [0.05, 0.1) is 23.0 Å². The van der Waals surface area contributed by atoms with Gasteiger partial charge in [0.25, 0.3) is 15.9 Å². The third kappa shape index (κ3) is 5.02. The minimum atomic E-state index is -4.01. The number of sulfonamides is 1. The van der Waals surface area contributed by atoms with Gasteiger partial charge in [-0.3, -0.25) is 14.1 Å². The monoisotopic (exact) mass is 412 g/mol. The number of nitrogens with zero attached hydrogens (tertiary/aromatic N) is 3. The largest absolute Gasteiger partial charge is 0.271 e. The number of anilines is 1. The zero-order chi connectivity index (χ0) is 20.7. The molecule has 3 aromatic rings. The molecule has 0 spiro atoms. The van der Waals surface area contributed by atoms with Crippen LogP contribution in [-0.2, 0) is 14.8 Å². The molecule has 0 unspecified atom stereocenters. The van der Waals surface area contributed by atoms with E-state index in [1.54, 1.807) is 30.3 Å². The fourth-order valence-corrected chi connectivity index (χ4v) is 3.88. The first kappa shape index (κ1) is 20.2. The first-order valence-corrected chi connectivity index (χ1v) is 9.97. The van der Waals surface area contributed by atoms with Gasteiger partial charge in [-0.1, -0.05) is 36.4 Å². The summed E-state index contributed by atoms with van der Waals surface area (Å²) in [6.45, 7) is -0.530. The molecule has 2 aromatic carbocycles. The van der Waals surface area contributed by atoms with Crippen LogP contribution in [0.1, 0.15) is 5.56 Å². The molecule has 148 valence electrons. The highest BCUT2D eigenvalue weighted by Gasteiger charge is 2.27. The molecule has 0 bridgehead atoms. The molecule has 1 amide bonds. The molecule has 0 radical (unpaired) electrons. The molecule has 0 aliphatic rings. The van der Waals surface area contributed by atoms with Crippen molar-refractivity contribution in [3.8, 4) is 0 Å². The Kier molecular flexibility index (Phi) is 6.30. The van der Waals surface area contributed by atoms with Crippen molar-refractivity contribution < 1.29 is 17.6 Å². The van der Waals surface area contributed by atoms with Crippen molar-refractivity contribution in [3.63, 3.8) is 0 Å². The van der Waals surface area contributed by atoms with Gasteiger partial charge in [0.15, 0.2) is 0 Å². The Morgan fingerprint density at radius 2 is 1.79 bits per heavy atom. The summed E-state index contributed by atoms with van der Waals surface area (Å²) in [4.78, 5) is 16.3. The Labute approximate surface area is 167 Å². The molecule has 0 atom stereocenters. The van der Waals surface area contributed by atoms with Crippen LogP contribution in [0.4, 0.5) is 10.1 Å². The SMILES string of the molecule is O=C(CN(c1cccnc1)S(=O)(=O)c1ccccc1)N/N=C\c1ccccc1F. The fourth-order valence-electron chi connectivity index (χ4n) is 2.46. The number of amides is 1. The van der Waals surface area contributed by atoms with E-state index in [1.165, 1.54) is 48.8 Å². The number of aromatic nitrogens is 1. The lowest BCUT2D eigenvalue weighted by Crippen LogP contribution is -2.39. The Bertz CT molecular complexity index is 1110. The van der Waals surface area contributed by atoms with Gasteiger partial charge in [-0.2, -0.15) is 5.10 Å². The lowest BCUT2D eigenvalue weighted by Gasteiger charge is -2.23. The zero-order valence-electron chi connectivity index (χ0n) is 15.1. The van der Waals surface area contributed by atoms with Gasteiger partial charge in [-0.15, -0.1) is 0 Å². The Morgan fingerprint density at radius 3 is 2.48 bits per heavy atom. The Morgan fingerprint density at radius 1 is 1.07 bits per heavy atom. The highest BCUT2D eigenvalue weighted by atomic mass is 32.2. The molecule has 1 N–H and O–H groups in total. The molecule has 1 heterocycles. The van der Waals surface area contributed by atoms with Gasteiger partial charge in [0.1, 0.15) is 12.4 Å². The van der Waals surface area contributed by atoms with E-state index in [0.29, 0.717) is 0 Å². The van der Waals surface area contributed by atoms with E-state index in [2.05, 4.69) is 15.5 Å². The molecular formula is C20H17FN4O3S. The van der Waals surface area contributed by atoms with Gasteiger partial charge >= 0.3 is 0 Å². The first-order chi connectivity index (χ1) is 14.0. The van der Waals surface area contributed by atoms with E-state index < -0.39 is 28.3 Å². The summed E-state index contributed by atoms with van der Waals surface area (Å²) in [5.41, 5.74) is 2.63. The van der Waals surface area contributed by atoms with Crippen LogP contribution in [0.5, 0.6) is 0 Å². The Hall–Kier alpha value is -3.59. The Balaban J connectivity index is 1.81. The zero-order valence-corrected chi connectivity index (χ0v) is 16.0. The second-order valence-electron chi connectivity index (χ2n) is 5.85. The molecule has 1 aromatic heterocycles. The quantitative estimate of drug-likeness (QED) is 0.477. The molecule has 0 aliphatic carbocycles. The number of nitrogens with one attached hydrogen (secondary N) is 1. The van der Waals surface area contributed by atoms with Crippen molar-refractivity contribution in [3.05, 3.63) is 90.5 Å². The van der Waals surface area contributed by atoms with E-state index in [0.717, 1.165) is 10.5 Å². The van der Waals surface area contributed by atoms with Crippen molar-refractivity contribution in [1.29, 1.82) is 0 Å². The fraction of sp³-hybridized carbons (Fsp3) is 0.0500. The molecular weight excluding hydrogens is 395 g/mol. The van der Waals surface area contributed by atoms with Crippen LogP contribution in [0.2, 0.25) is 0 Å². The van der Waals surface area contributed by atoms with Crippen LogP contribution in [0.15, 0.2) is 89.1 Å². The van der Waals surface area contributed by atoms with Crippen molar-refractivity contribution in [2.75, 3.05) is 10.8 Å².